The summed E-state index contributed by atoms with van der Waals surface area (Å²) in [6, 6.07) is 0. The molecule has 2 fully saturated rings. The van der Waals surface area contributed by atoms with Crippen LogP contribution in [-0.2, 0) is 4.79 Å². The molecular formula is C10H17N3O. The van der Waals surface area contributed by atoms with Crippen molar-refractivity contribution in [2.24, 2.45) is 10.9 Å². The molecule has 4 nitrogen and oxygen atoms in total. The normalized spacial score (nSPS) is 39.1. The SMILES string of the molecule is CCN=C1NC(=O)C2(CCC(C)C2)N1. The average molecular weight is 195 g/mol. The molecule has 2 atom stereocenters. The van der Waals surface area contributed by atoms with Crippen LogP contribution < -0.4 is 10.6 Å². The molecule has 1 saturated carbocycles. The predicted octanol–water partition coefficient (Wildman–Crippen LogP) is 0.640. The van der Waals surface area contributed by atoms with Crippen molar-refractivity contribution in [1.29, 1.82) is 0 Å². The van der Waals surface area contributed by atoms with E-state index in [4.69, 9.17) is 0 Å². The van der Waals surface area contributed by atoms with Gasteiger partial charge in [-0.25, -0.2) is 0 Å². The summed E-state index contributed by atoms with van der Waals surface area (Å²) in [7, 11) is 0. The molecule has 1 heterocycles. The molecule has 1 aliphatic heterocycles. The molecule has 4 heteroatoms. The highest BCUT2D eigenvalue weighted by Crippen LogP contribution is 2.36. The van der Waals surface area contributed by atoms with Crippen LogP contribution in [0.4, 0.5) is 0 Å². The second-order valence-electron chi connectivity index (χ2n) is 4.33. The van der Waals surface area contributed by atoms with Crippen molar-refractivity contribution in [3.8, 4) is 0 Å². The number of amides is 1. The lowest BCUT2D eigenvalue weighted by Crippen LogP contribution is -2.44. The fourth-order valence-corrected chi connectivity index (χ4v) is 2.39. The molecule has 2 rings (SSSR count). The van der Waals surface area contributed by atoms with E-state index in [0.717, 1.165) is 19.3 Å². The van der Waals surface area contributed by atoms with E-state index < -0.39 is 0 Å². The number of aliphatic imine (C=N–C) groups is 1. The summed E-state index contributed by atoms with van der Waals surface area (Å²) in [6.45, 7) is 4.86. The Labute approximate surface area is 84.2 Å². The molecule has 2 unspecified atom stereocenters. The summed E-state index contributed by atoms with van der Waals surface area (Å²) in [6.07, 6.45) is 2.99. The summed E-state index contributed by atoms with van der Waals surface area (Å²) < 4.78 is 0. The first kappa shape index (κ1) is 9.49. The molecule has 1 spiro atoms. The number of carbonyl (C=O) groups is 1. The number of hydrogen-bond acceptors (Lipinski definition) is 2. The maximum absolute atomic E-state index is 11.8. The molecule has 0 bridgehead atoms. The van der Waals surface area contributed by atoms with Crippen molar-refractivity contribution in [3.63, 3.8) is 0 Å². The van der Waals surface area contributed by atoms with Crippen LogP contribution in [0.3, 0.4) is 0 Å². The van der Waals surface area contributed by atoms with E-state index in [1.807, 2.05) is 6.92 Å². The number of guanidine groups is 1. The standard InChI is InChI=1S/C10H17N3O/c1-3-11-9-12-8(14)10(13-9)5-4-7(2)6-10/h7H,3-6H2,1-2H3,(H2,11,12,13,14). The van der Waals surface area contributed by atoms with Crippen LogP contribution in [0.1, 0.15) is 33.1 Å². The molecule has 14 heavy (non-hydrogen) atoms. The Morgan fingerprint density at radius 3 is 3.00 bits per heavy atom. The first-order valence-corrected chi connectivity index (χ1v) is 5.30. The molecule has 0 aromatic carbocycles. The van der Waals surface area contributed by atoms with Crippen LogP contribution in [0.25, 0.3) is 0 Å². The van der Waals surface area contributed by atoms with E-state index in [1.165, 1.54) is 0 Å². The number of carbonyl (C=O) groups excluding carboxylic acids is 1. The Morgan fingerprint density at radius 2 is 2.43 bits per heavy atom. The lowest BCUT2D eigenvalue weighted by atomic mass is 9.97. The minimum atomic E-state index is -0.340. The lowest BCUT2D eigenvalue weighted by molar-refractivity contribution is -0.123. The first-order valence-electron chi connectivity index (χ1n) is 5.30. The Hall–Kier alpha value is -1.06. The number of rotatable bonds is 1. The van der Waals surface area contributed by atoms with Gasteiger partial charge in [0.15, 0.2) is 5.96 Å². The molecule has 2 N–H and O–H groups in total. The summed E-state index contributed by atoms with van der Waals surface area (Å²) >= 11 is 0. The van der Waals surface area contributed by atoms with Crippen molar-refractivity contribution < 1.29 is 4.79 Å². The van der Waals surface area contributed by atoms with Crippen LogP contribution in [0.2, 0.25) is 0 Å². The number of nitrogens with one attached hydrogen (secondary N) is 2. The maximum atomic E-state index is 11.8. The summed E-state index contributed by atoms with van der Waals surface area (Å²) in [4.78, 5) is 16.0. The third-order valence-corrected chi connectivity index (χ3v) is 3.10. The molecule has 1 saturated heterocycles. The third-order valence-electron chi connectivity index (χ3n) is 3.10. The topological polar surface area (TPSA) is 53.5 Å². The smallest absolute Gasteiger partial charge is 0.252 e. The highest BCUT2D eigenvalue weighted by atomic mass is 16.2. The molecular weight excluding hydrogens is 178 g/mol. The quantitative estimate of drug-likeness (QED) is 0.645. The van der Waals surface area contributed by atoms with E-state index in [0.29, 0.717) is 18.4 Å². The minimum Gasteiger partial charge on any atom is -0.342 e. The van der Waals surface area contributed by atoms with Gasteiger partial charge >= 0.3 is 0 Å². The van der Waals surface area contributed by atoms with Gasteiger partial charge in [0, 0.05) is 6.54 Å². The van der Waals surface area contributed by atoms with Gasteiger partial charge in [-0.3, -0.25) is 15.1 Å². The molecule has 78 valence electrons. The van der Waals surface area contributed by atoms with E-state index in [9.17, 15) is 4.79 Å². The highest BCUT2D eigenvalue weighted by molar-refractivity contribution is 6.09. The van der Waals surface area contributed by atoms with E-state index in [1.54, 1.807) is 0 Å². The van der Waals surface area contributed by atoms with Gasteiger partial charge in [0.2, 0.25) is 0 Å². The first-order chi connectivity index (χ1) is 6.66. The Balaban J connectivity index is 2.15. The van der Waals surface area contributed by atoms with Crippen molar-refractivity contribution in [2.45, 2.75) is 38.6 Å². The van der Waals surface area contributed by atoms with Gasteiger partial charge in [0.25, 0.3) is 5.91 Å². The molecule has 2 aliphatic rings. The van der Waals surface area contributed by atoms with Crippen LogP contribution in [-0.4, -0.2) is 24.0 Å². The van der Waals surface area contributed by atoms with Gasteiger partial charge in [-0.1, -0.05) is 6.92 Å². The lowest BCUT2D eigenvalue weighted by Gasteiger charge is -2.19. The second-order valence-corrected chi connectivity index (χ2v) is 4.33. The Kier molecular flexibility index (Phi) is 2.21. The monoisotopic (exact) mass is 195 g/mol. The predicted molar refractivity (Wildman–Crippen MR) is 55.0 cm³/mol. The fourth-order valence-electron chi connectivity index (χ4n) is 2.39. The molecule has 0 aromatic rings. The van der Waals surface area contributed by atoms with E-state index >= 15 is 0 Å². The zero-order chi connectivity index (χ0) is 10.2. The molecule has 0 aromatic heterocycles. The summed E-state index contributed by atoms with van der Waals surface area (Å²) in [5.41, 5.74) is -0.340. The largest absolute Gasteiger partial charge is 0.342 e. The van der Waals surface area contributed by atoms with Gasteiger partial charge in [-0.05, 0) is 32.1 Å². The van der Waals surface area contributed by atoms with Crippen LogP contribution in [0.5, 0.6) is 0 Å². The van der Waals surface area contributed by atoms with Crippen molar-refractivity contribution in [3.05, 3.63) is 0 Å². The van der Waals surface area contributed by atoms with Gasteiger partial charge in [-0.2, -0.15) is 0 Å². The minimum absolute atomic E-state index is 0.106. The fraction of sp³-hybridized carbons (Fsp3) is 0.800. The second kappa shape index (κ2) is 3.26. The number of nitrogens with zero attached hydrogens (tertiary/aromatic N) is 1. The zero-order valence-electron chi connectivity index (χ0n) is 8.76. The molecule has 1 aliphatic carbocycles. The van der Waals surface area contributed by atoms with E-state index in [-0.39, 0.29) is 11.4 Å². The Morgan fingerprint density at radius 1 is 1.64 bits per heavy atom. The highest BCUT2D eigenvalue weighted by Gasteiger charge is 2.48. The molecule has 0 radical (unpaired) electrons. The van der Waals surface area contributed by atoms with Crippen molar-refractivity contribution >= 4 is 11.9 Å². The van der Waals surface area contributed by atoms with E-state index in [2.05, 4.69) is 22.5 Å². The summed E-state index contributed by atoms with van der Waals surface area (Å²) in [5.74, 6) is 1.40. The van der Waals surface area contributed by atoms with Crippen LogP contribution in [0.15, 0.2) is 4.99 Å². The Bertz CT molecular complexity index is 287. The van der Waals surface area contributed by atoms with Gasteiger partial charge in [0.1, 0.15) is 5.54 Å². The third kappa shape index (κ3) is 1.38. The van der Waals surface area contributed by atoms with Crippen LogP contribution >= 0.6 is 0 Å². The summed E-state index contributed by atoms with van der Waals surface area (Å²) in [5, 5.41) is 6.04. The van der Waals surface area contributed by atoms with Crippen LogP contribution in [0, 0.1) is 5.92 Å². The average Bonchev–Trinajstić information content (AvgIpc) is 2.61. The molecule has 1 amide bonds. The maximum Gasteiger partial charge on any atom is 0.252 e. The van der Waals surface area contributed by atoms with Gasteiger partial charge in [-0.15, -0.1) is 0 Å². The van der Waals surface area contributed by atoms with Crippen molar-refractivity contribution in [1.82, 2.24) is 10.6 Å². The van der Waals surface area contributed by atoms with Gasteiger partial charge < -0.3 is 5.32 Å². The van der Waals surface area contributed by atoms with Gasteiger partial charge in [0.05, 0.1) is 0 Å². The number of hydrogen-bond donors (Lipinski definition) is 2. The van der Waals surface area contributed by atoms with Crippen molar-refractivity contribution in [2.75, 3.05) is 6.54 Å². The zero-order valence-corrected chi connectivity index (χ0v) is 8.76.